The van der Waals surface area contributed by atoms with Gasteiger partial charge >= 0.3 is 73.7 Å². The summed E-state index contributed by atoms with van der Waals surface area (Å²) in [5, 5.41) is 0. The first-order chi connectivity index (χ1) is 0. The van der Waals surface area contributed by atoms with Crippen LogP contribution in [-0.2, 0) is 61.5 Å². The molecule has 0 saturated heterocycles. The summed E-state index contributed by atoms with van der Waals surface area (Å²) < 4.78 is 0. The molecule has 0 fully saturated rings. The fraction of sp³-hybridized carbons (Fsp3) is 0. The summed E-state index contributed by atoms with van der Waals surface area (Å²) in [5.74, 6) is 0. The second-order valence-corrected chi connectivity index (χ2v) is 0. The molecule has 0 amide bonds. The van der Waals surface area contributed by atoms with Gasteiger partial charge in [-0.25, -0.2) is 0 Å². The van der Waals surface area contributed by atoms with Crippen molar-refractivity contribution in [3.8, 4) is 0 Å². The van der Waals surface area contributed by atoms with Gasteiger partial charge in [-0.15, -0.1) is 0 Å². The maximum atomic E-state index is 0. The Hall–Kier alpha value is 2.11. The second-order valence-electron chi connectivity index (χ2n) is 0. The van der Waals surface area contributed by atoms with E-state index in [0.717, 1.165) is 0 Å². The van der Waals surface area contributed by atoms with Crippen LogP contribution in [-0.4, -0.2) is 39.6 Å². The van der Waals surface area contributed by atoms with Gasteiger partial charge in [0.05, 0.1) is 0 Å². The SMILES string of the molecule is [Cu+2].[Cu+2].[Ga+3].[Ga+3].[O-2].[O-2].[O-2].[O-2].[O-2]. The summed E-state index contributed by atoms with van der Waals surface area (Å²) in [6, 6.07) is 0. The van der Waals surface area contributed by atoms with Crippen molar-refractivity contribution in [2.45, 2.75) is 0 Å². The molecule has 0 spiro atoms. The second kappa shape index (κ2) is 188. The van der Waals surface area contributed by atoms with Gasteiger partial charge in [-0.2, -0.15) is 0 Å². The van der Waals surface area contributed by atoms with Gasteiger partial charge < -0.3 is 27.4 Å². The molecule has 0 rings (SSSR count). The first kappa shape index (κ1) is 255. The van der Waals surface area contributed by atoms with Gasteiger partial charge in [0, 0.05) is 0 Å². The third-order valence-electron chi connectivity index (χ3n) is 0. The van der Waals surface area contributed by atoms with Crippen molar-refractivity contribution in [1.29, 1.82) is 0 Å². The van der Waals surface area contributed by atoms with Gasteiger partial charge in [0.25, 0.3) is 0 Å². The van der Waals surface area contributed by atoms with E-state index < -0.39 is 0 Å². The smallest absolute Gasteiger partial charge is 2.00 e. The molecule has 0 aromatic heterocycles. The van der Waals surface area contributed by atoms with Crippen LogP contribution in [0.3, 0.4) is 0 Å². The summed E-state index contributed by atoms with van der Waals surface area (Å²) in [6.45, 7) is 0. The van der Waals surface area contributed by atoms with Crippen molar-refractivity contribution in [3.63, 3.8) is 0 Å². The average Bonchev–Trinajstić information content (AvgIpc) is 0. The van der Waals surface area contributed by atoms with Crippen molar-refractivity contribution in [1.82, 2.24) is 0 Å². The van der Waals surface area contributed by atoms with Crippen LogP contribution in [0.25, 0.3) is 0 Å². The van der Waals surface area contributed by atoms with Crippen LogP contribution < -0.4 is 0 Å². The van der Waals surface area contributed by atoms with Crippen molar-refractivity contribution < 1.29 is 61.5 Å². The van der Waals surface area contributed by atoms with Crippen LogP contribution >= 0.6 is 0 Å². The Labute approximate surface area is 100 Å². The van der Waals surface area contributed by atoms with E-state index in [1.165, 1.54) is 0 Å². The zero-order valence-corrected chi connectivity index (χ0v) is 10.5. The van der Waals surface area contributed by atoms with Crippen LogP contribution in [0.5, 0.6) is 0 Å². The molecule has 58 valence electrons. The third kappa shape index (κ3) is 149. The summed E-state index contributed by atoms with van der Waals surface area (Å²) in [5.41, 5.74) is 0. The van der Waals surface area contributed by atoms with E-state index >= 15 is 0 Å². The molecule has 0 aromatic carbocycles. The van der Waals surface area contributed by atoms with E-state index in [9.17, 15) is 0 Å². The summed E-state index contributed by atoms with van der Waals surface area (Å²) in [7, 11) is 0. The van der Waals surface area contributed by atoms with Crippen molar-refractivity contribution >= 4 is 39.6 Å². The maximum absolute atomic E-state index is 0. The average molecular weight is 347 g/mol. The van der Waals surface area contributed by atoms with Gasteiger partial charge in [-0.1, -0.05) is 0 Å². The summed E-state index contributed by atoms with van der Waals surface area (Å²) >= 11 is 0. The molecule has 0 saturated carbocycles. The zero-order chi connectivity index (χ0) is 0. The topological polar surface area (TPSA) is 142 Å². The molecule has 0 aromatic rings. The standard InChI is InChI=1S/2Cu.2Ga.5O/q2*+2;2*+3;5*-2. The van der Waals surface area contributed by atoms with E-state index in [2.05, 4.69) is 0 Å². The molecule has 0 unspecified atom stereocenters. The molecule has 0 bridgehead atoms. The van der Waals surface area contributed by atoms with E-state index in [-0.39, 0.29) is 101 Å². The third-order valence-corrected chi connectivity index (χ3v) is 0. The van der Waals surface area contributed by atoms with Gasteiger partial charge in [-0.05, 0) is 0 Å². The predicted octanol–water partition coefficient (Wildman–Crippen LogP) is -1.36. The van der Waals surface area contributed by atoms with E-state index in [1.807, 2.05) is 0 Å². The van der Waals surface area contributed by atoms with Gasteiger partial charge in [-0.3, -0.25) is 0 Å². The van der Waals surface area contributed by atoms with E-state index in [4.69, 9.17) is 0 Å². The van der Waals surface area contributed by atoms with Gasteiger partial charge in [0.15, 0.2) is 0 Å². The molecule has 0 aliphatic carbocycles. The van der Waals surface area contributed by atoms with Crippen LogP contribution in [0.1, 0.15) is 0 Å². The van der Waals surface area contributed by atoms with Crippen molar-refractivity contribution in [3.05, 3.63) is 0 Å². The van der Waals surface area contributed by atoms with Crippen molar-refractivity contribution in [2.75, 3.05) is 0 Å². The molecule has 0 aliphatic heterocycles. The van der Waals surface area contributed by atoms with Crippen LogP contribution in [0, 0.1) is 0 Å². The molecule has 9 heteroatoms. The van der Waals surface area contributed by atoms with Gasteiger partial charge in [0.1, 0.15) is 0 Å². The van der Waals surface area contributed by atoms with Crippen LogP contribution in [0.2, 0.25) is 0 Å². The molecule has 0 N–H and O–H groups in total. The molecule has 0 atom stereocenters. The number of rotatable bonds is 0. The predicted molar refractivity (Wildman–Crippen MR) is 14.9 cm³/mol. The van der Waals surface area contributed by atoms with Crippen LogP contribution in [0.4, 0.5) is 0 Å². The van der Waals surface area contributed by atoms with Gasteiger partial charge in [0.2, 0.25) is 0 Å². The number of hydrogen-bond donors (Lipinski definition) is 0. The summed E-state index contributed by atoms with van der Waals surface area (Å²) in [6.07, 6.45) is 0. The molecular weight excluding hydrogens is 347 g/mol. The van der Waals surface area contributed by atoms with Crippen molar-refractivity contribution in [2.24, 2.45) is 0 Å². The Morgan fingerprint density at radius 2 is 0.333 bits per heavy atom. The zero-order valence-electron chi connectivity index (χ0n) is 3.80. The Kier molecular flexibility index (Phi) is 5330. The maximum Gasteiger partial charge on any atom is 3.00 e. The first-order valence-corrected chi connectivity index (χ1v) is 0. The quantitative estimate of drug-likeness (QED) is 0.477. The molecule has 2 radical (unpaired) electrons. The minimum Gasteiger partial charge on any atom is -2.00 e. The molecule has 5 nitrogen and oxygen atoms in total. The Bertz CT molecular complexity index is 12.9. The minimum absolute atomic E-state index is 0. The largest absolute Gasteiger partial charge is 3.00 e. The molecule has 0 heterocycles. The fourth-order valence-corrected chi connectivity index (χ4v) is 0. The number of hydrogen-bond acceptors (Lipinski definition) is 0. The molecular formula is Cu2Ga2O5. The Morgan fingerprint density at radius 1 is 0.333 bits per heavy atom. The molecule has 9 heavy (non-hydrogen) atoms. The molecule has 0 aliphatic rings. The van der Waals surface area contributed by atoms with E-state index in [0.29, 0.717) is 0 Å². The fourth-order valence-electron chi connectivity index (χ4n) is 0. The Balaban J connectivity index is 0. The minimum atomic E-state index is 0. The monoisotopic (exact) mass is 344 g/mol. The first-order valence-electron chi connectivity index (χ1n) is 0. The Morgan fingerprint density at radius 3 is 0.333 bits per heavy atom. The van der Waals surface area contributed by atoms with Crippen LogP contribution in [0.15, 0.2) is 0 Å². The normalized spacial score (nSPS) is 0. The summed E-state index contributed by atoms with van der Waals surface area (Å²) in [4.78, 5) is 0. The van der Waals surface area contributed by atoms with E-state index in [1.54, 1.807) is 0 Å².